The van der Waals surface area contributed by atoms with Gasteiger partial charge in [-0.2, -0.15) is 0 Å². The summed E-state index contributed by atoms with van der Waals surface area (Å²) in [4.78, 5) is 17.9. The Balaban J connectivity index is 1.71. The molecule has 1 N–H and O–H groups in total. The molecule has 1 atom stereocenters. The Labute approximate surface area is 133 Å². The number of amides is 1. The van der Waals surface area contributed by atoms with E-state index in [2.05, 4.69) is 4.98 Å². The Morgan fingerprint density at radius 2 is 2.36 bits per heavy atom. The lowest BCUT2D eigenvalue weighted by Crippen LogP contribution is -2.34. The van der Waals surface area contributed by atoms with Gasteiger partial charge in [0.15, 0.2) is 5.15 Å². The fourth-order valence-corrected chi connectivity index (χ4v) is 2.65. The maximum absolute atomic E-state index is 12.1. The zero-order valence-electron chi connectivity index (χ0n) is 12.3. The monoisotopic (exact) mass is 319 g/mol. The Morgan fingerprint density at radius 3 is 3.09 bits per heavy atom. The Kier molecular flexibility index (Phi) is 4.18. The van der Waals surface area contributed by atoms with Gasteiger partial charge in [-0.15, -0.1) is 0 Å². The van der Waals surface area contributed by atoms with Crippen molar-refractivity contribution in [3.8, 4) is 0 Å². The minimum atomic E-state index is -0.429. The summed E-state index contributed by atoms with van der Waals surface area (Å²) in [5.41, 5.74) is 1.40. The second-order valence-corrected chi connectivity index (χ2v) is 6.03. The zero-order valence-corrected chi connectivity index (χ0v) is 13.1. The number of halogens is 1. The molecule has 0 radical (unpaired) electrons. The van der Waals surface area contributed by atoms with Gasteiger partial charge in [-0.1, -0.05) is 17.7 Å². The number of carbonyl (C=O) groups excluding carboxylic acids is 1. The predicted molar refractivity (Wildman–Crippen MR) is 85.6 cm³/mol. The number of aromatic nitrogens is 2. The fourth-order valence-electron chi connectivity index (χ4n) is 2.41. The summed E-state index contributed by atoms with van der Waals surface area (Å²) in [6.45, 7) is 0.356. The van der Waals surface area contributed by atoms with Gasteiger partial charge in [-0.05, 0) is 37.0 Å². The van der Waals surface area contributed by atoms with E-state index in [1.54, 1.807) is 13.1 Å². The molecular formula is C16H18ClN3O2. The molecule has 0 saturated heterocycles. The van der Waals surface area contributed by atoms with Crippen molar-refractivity contribution in [3.63, 3.8) is 0 Å². The van der Waals surface area contributed by atoms with E-state index in [0.717, 1.165) is 18.5 Å². The highest BCUT2D eigenvalue weighted by molar-refractivity contribution is 6.31. The van der Waals surface area contributed by atoms with Crippen molar-refractivity contribution >= 4 is 29.2 Å². The predicted octanol–water partition coefficient (Wildman–Crippen LogP) is 2.23. The second kappa shape index (κ2) is 6.10. The molecule has 2 aromatic heterocycles. The van der Waals surface area contributed by atoms with Crippen LogP contribution in [0.15, 0.2) is 30.5 Å². The lowest BCUT2D eigenvalue weighted by Gasteiger charge is -2.19. The van der Waals surface area contributed by atoms with E-state index in [4.69, 9.17) is 11.6 Å². The number of imidazole rings is 1. The summed E-state index contributed by atoms with van der Waals surface area (Å²) in [7, 11) is 1.69. The molecule has 1 unspecified atom stereocenters. The smallest absolute Gasteiger partial charge is 0.246 e. The van der Waals surface area contributed by atoms with Gasteiger partial charge in [0.25, 0.3) is 0 Å². The molecule has 6 heteroatoms. The van der Waals surface area contributed by atoms with Crippen molar-refractivity contribution in [3.05, 3.63) is 41.3 Å². The number of pyridine rings is 1. The highest BCUT2D eigenvalue weighted by Gasteiger charge is 2.30. The first-order valence-corrected chi connectivity index (χ1v) is 7.68. The molecule has 0 spiro atoms. The molecule has 0 aliphatic heterocycles. The first-order chi connectivity index (χ1) is 10.6. The average Bonchev–Trinajstić information content (AvgIpc) is 3.29. The van der Waals surface area contributed by atoms with E-state index in [0.29, 0.717) is 23.3 Å². The second-order valence-electron chi connectivity index (χ2n) is 5.67. The Hall–Kier alpha value is -1.85. The summed E-state index contributed by atoms with van der Waals surface area (Å²) in [6, 6.07) is 5.61. The minimum Gasteiger partial charge on any atom is -0.391 e. The van der Waals surface area contributed by atoms with E-state index in [9.17, 15) is 9.90 Å². The third-order valence-electron chi connectivity index (χ3n) is 3.91. The number of carbonyl (C=O) groups is 1. The summed E-state index contributed by atoms with van der Waals surface area (Å²) in [5.74, 6) is 0.189. The van der Waals surface area contributed by atoms with Crippen molar-refractivity contribution in [2.45, 2.75) is 18.9 Å². The molecule has 0 aromatic carbocycles. The number of hydrogen-bond acceptors (Lipinski definition) is 3. The van der Waals surface area contributed by atoms with Gasteiger partial charge in [-0.3, -0.25) is 9.20 Å². The highest BCUT2D eigenvalue weighted by atomic mass is 35.5. The summed E-state index contributed by atoms with van der Waals surface area (Å²) in [5, 5.41) is 10.3. The largest absolute Gasteiger partial charge is 0.391 e. The Morgan fingerprint density at radius 1 is 1.59 bits per heavy atom. The van der Waals surface area contributed by atoms with Gasteiger partial charge in [0.05, 0.1) is 11.8 Å². The van der Waals surface area contributed by atoms with Crippen molar-refractivity contribution < 1.29 is 9.90 Å². The number of fused-ring (bicyclic) bond motifs is 1. The van der Waals surface area contributed by atoms with Gasteiger partial charge in [-0.25, -0.2) is 4.98 Å². The number of aliphatic hydroxyl groups excluding tert-OH is 1. The zero-order chi connectivity index (χ0) is 15.7. The lowest BCUT2D eigenvalue weighted by molar-refractivity contribution is -0.126. The molecule has 1 fully saturated rings. The molecule has 116 valence electrons. The number of likely N-dealkylation sites (N-methyl/N-ethyl adjacent to an activating group) is 1. The van der Waals surface area contributed by atoms with Gasteiger partial charge < -0.3 is 10.0 Å². The van der Waals surface area contributed by atoms with Crippen LogP contribution < -0.4 is 0 Å². The number of nitrogens with zero attached hydrogens (tertiary/aromatic N) is 3. The number of rotatable bonds is 5. The van der Waals surface area contributed by atoms with Crippen LogP contribution >= 0.6 is 11.6 Å². The maximum Gasteiger partial charge on any atom is 0.246 e. The van der Waals surface area contributed by atoms with Crippen LogP contribution in [0, 0.1) is 5.92 Å². The summed E-state index contributed by atoms with van der Waals surface area (Å²) >= 11 is 6.12. The van der Waals surface area contributed by atoms with Gasteiger partial charge in [0.2, 0.25) is 5.91 Å². The van der Waals surface area contributed by atoms with Crippen LogP contribution in [0.5, 0.6) is 0 Å². The summed E-state index contributed by atoms with van der Waals surface area (Å²) < 4.78 is 1.82. The molecule has 3 rings (SSSR count). The van der Waals surface area contributed by atoms with Crippen LogP contribution in [-0.4, -0.2) is 45.0 Å². The van der Waals surface area contributed by atoms with E-state index in [-0.39, 0.29) is 5.91 Å². The molecule has 22 heavy (non-hydrogen) atoms. The molecule has 1 aliphatic carbocycles. The van der Waals surface area contributed by atoms with E-state index in [1.165, 1.54) is 11.0 Å². The van der Waals surface area contributed by atoms with Crippen LogP contribution in [0.3, 0.4) is 0 Å². The van der Waals surface area contributed by atoms with Crippen LogP contribution in [0.1, 0.15) is 18.5 Å². The SMILES string of the molecule is CN(CC(O)C1CC1)C(=O)C=Cc1c(Cl)nc2ccccn12. The standard InChI is InChI=1S/C16H18ClN3O2/c1-19(10-13(21)11-5-6-11)15(22)8-7-12-16(17)18-14-4-2-3-9-20(12)14/h2-4,7-9,11,13,21H,5-6,10H2,1H3. The molecule has 2 heterocycles. The van der Waals surface area contributed by atoms with E-state index in [1.807, 2.05) is 28.8 Å². The molecule has 1 saturated carbocycles. The molecule has 2 aromatic rings. The van der Waals surface area contributed by atoms with Crippen LogP contribution in [0.2, 0.25) is 5.15 Å². The van der Waals surface area contributed by atoms with Gasteiger partial charge in [0.1, 0.15) is 5.65 Å². The van der Waals surface area contributed by atoms with Crippen molar-refractivity contribution in [1.29, 1.82) is 0 Å². The topological polar surface area (TPSA) is 57.8 Å². The van der Waals surface area contributed by atoms with Crippen molar-refractivity contribution in [2.75, 3.05) is 13.6 Å². The highest BCUT2D eigenvalue weighted by Crippen LogP contribution is 2.32. The quantitative estimate of drug-likeness (QED) is 0.860. The third-order valence-corrected chi connectivity index (χ3v) is 4.19. The lowest BCUT2D eigenvalue weighted by atomic mass is 10.2. The van der Waals surface area contributed by atoms with E-state index < -0.39 is 6.10 Å². The normalized spacial score (nSPS) is 16.3. The van der Waals surface area contributed by atoms with Crippen LogP contribution in [0.25, 0.3) is 11.7 Å². The fraction of sp³-hybridized carbons (Fsp3) is 0.375. The molecule has 1 amide bonds. The summed E-state index contributed by atoms with van der Waals surface area (Å²) in [6.07, 6.45) is 6.64. The average molecular weight is 320 g/mol. The van der Waals surface area contributed by atoms with Crippen LogP contribution in [0.4, 0.5) is 0 Å². The first-order valence-electron chi connectivity index (χ1n) is 7.30. The number of hydrogen-bond donors (Lipinski definition) is 1. The van der Waals surface area contributed by atoms with Gasteiger partial charge >= 0.3 is 0 Å². The van der Waals surface area contributed by atoms with Crippen molar-refractivity contribution in [1.82, 2.24) is 14.3 Å². The first kappa shape index (κ1) is 15.1. The molecule has 0 bridgehead atoms. The number of aliphatic hydroxyl groups is 1. The molecule has 1 aliphatic rings. The Bertz CT molecular complexity index is 721. The van der Waals surface area contributed by atoms with E-state index >= 15 is 0 Å². The molecular weight excluding hydrogens is 302 g/mol. The van der Waals surface area contributed by atoms with Crippen LogP contribution in [-0.2, 0) is 4.79 Å². The van der Waals surface area contributed by atoms with Crippen molar-refractivity contribution in [2.24, 2.45) is 5.92 Å². The molecule has 5 nitrogen and oxygen atoms in total. The third kappa shape index (κ3) is 3.15. The minimum absolute atomic E-state index is 0.165. The maximum atomic E-state index is 12.1. The van der Waals surface area contributed by atoms with Gasteiger partial charge in [0, 0.05) is 25.9 Å².